The maximum atomic E-state index is 8.64. The van der Waals surface area contributed by atoms with Crippen molar-refractivity contribution in [3.63, 3.8) is 0 Å². The van der Waals surface area contributed by atoms with Gasteiger partial charge in [-0.15, -0.1) is 0 Å². The molecule has 0 aromatic carbocycles. The topological polar surface area (TPSA) is 44.0 Å². The summed E-state index contributed by atoms with van der Waals surface area (Å²) in [6.07, 6.45) is 0. The monoisotopic (exact) mass is 88.1 g/mol. The van der Waals surface area contributed by atoms with Crippen LogP contribution in [0.4, 0.5) is 0 Å². The molecule has 0 atom stereocenters. The van der Waals surface area contributed by atoms with E-state index in [9.17, 15) is 0 Å². The van der Waals surface area contributed by atoms with Gasteiger partial charge in [0, 0.05) is 6.54 Å². The number of hydrogen-bond donors (Lipinski definition) is 1. The van der Waals surface area contributed by atoms with Gasteiger partial charge in [0.25, 0.3) is 0 Å². The van der Waals surface area contributed by atoms with Gasteiger partial charge in [-0.05, 0) is 13.8 Å². The molecule has 0 spiro atoms. The lowest BCUT2D eigenvalue weighted by molar-refractivity contribution is 0.0881. The average Bonchev–Trinajstić information content (AvgIpc) is 1.35. The summed E-state index contributed by atoms with van der Waals surface area (Å²) < 4.78 is 0. The van der Waals surface area contributed by atoms with Crippen LogP contribution in [0.3, 0.4) is 0 Å². The molecule has 0 fully saturated rings. The van der Waals surface area contributed by atoms with Crippen molar-refractivity contribution in [1.29, 1.82) is 0 Å². The zero-order valence-corrected chi connectivity index (χ0v) is 4.15. The summed E-state index contributed by atoms with van der Waals surface area (Å²) in [4.78, 5) is 0. The standard InChI is InChI=1S/C4H10NO/c1-4(2,6)3-5/h5-6H,3H2,1-2H3. The summed E-state index contributed by atoms with van der Waals surface area (Å²) in [6.45, 7) is 3.30. The van der Waals surface area contributed by atoms with Crippen molar-refractivity contribution in [3.8, 4) is 0 Å². The van der Waals surface area contributed by atoms with Crippen LogP contribution in [0.5, 0.6) is 0 Å². The SMILES string of the molecule is CC(C)(O)C[NH]. The third-order valence-electron chi connectivity index (χ3n) is 0.433. The van der Waals surface area contributed by atoms with Crippen molar-refractivity contribution in [1.82, 2.24) is 5.73 Å². The Balaban J connectivity index is 3.17. The normalized spacial score (nSPS) is 12.0. The second-order valence-electron chi connectivity index (χ2n) is 1.99. The molecule has 2 nitrogen and oxygen atoms in total. The van der Waals surface area contributed by atoms with Gasteiger partial charge in [-0.3, -0.25) is 5.73 Å². The van der Waals surface area contributed by atoms with Crippen LogP contribution >= 0.6 is 0 Å². The lowest BCUT2D eigenvalue weighted by Gasteiger charge is -2.10. The summed E-state index contributed by atoms with van der Waals surface area (Å²) in [6, 6.07) is 0. The van der Waals surface area contributed by atoms with Crippen LogP contribution in [0.25, 0.3) is 0 Å². The summed E-state index contributed by atoms with van der Waals surface area (Å²) in [5, 5.41) is 8.64. The van der Waals surface area contributed by atoms with E-state index in [1.54, 1.807) is 13.8 Å². The van der Waals surface area contributed by atoms with E-state index in [0.717, 1.165) is 0 Å². The molecule has 37 valence electrons. The summed E-state index contributed by atoms with van der Waals surface area (Å²) in [5.41, 5.74) is 5.81. The highest BCUT2D eigenvalue weighted by Crippen LogP contribution is 1.94. The number of aliphatic hydroxyl groups is 1. The quantitative estimate of drug-likeness (QED) is 0.483. The zero-order chi connectivity index (χ0) is 5.21. The molecule has 0 aliphatic rings. The van der Waals surface area contributed by atoms with E-state index in [2.05, 4.69) is 0 Å². The van der Waals surface area contributed by atoms with Gasteiger partial charge in [-0.25, -0.2) is 0 Å². The molecule has 0 bridgehead atoms. The van der Waals surface area contributed by atoms with Crippen molar-refractivity contribution >= 4 is 0 Å². The van der Waals surface area contributed by atoms with Crippen LogP contribution in [0, 0.1) is 0 Å². The van der Waals surface area contributed by atoms with Crippen molar-refractivity contribution in [2.75, 3.05) is 6.54 Å². The van der Waals surface area contributed by atoms with Gasteiger partial charge in [0.05, 0.1) is 5.60 Å². The Hall–Kier alpha value is -0.0800. The van der Waals surface area contributed by atoms with E-state index in [4.69, 9.17) is 10.8 Å². The summed E-state index contributed by atoms with van der Waals surface area (Å²) >= 11 is 0. The maximum absolute atomic E-state index is 8.64. The highest BCUT2D eigenvalue weighted by atomic mass is 16.3. The Morgan fingerprint density at radius 3 is 1.83 bits per heavy atom. The first-order valence-electron chi connectivity index (χ1n) is 1.93. The summed E-state index contributed by atoms with van der Waals surface area (Å²) in [7, 11) is 0. The Kier molecular flexibility index (Phi) is 1.56. The lowest BCUT2D eigenvalue weighted by atomic mass is 10.1. The minimum Gasteiger partial charge on any atom is -0.389 e. The third-order valence-corrected chi connectivity index (χ3v) is 0.433. The van der Waals surface area contributed by atoms with E-state index in [-0.39, 0.29) is 6.54 Å². The Morgan fingerprint density at radius 2 is 1.83 bits per heavy atom. The molecular formula is C4H10NO. The molecule has 0 aliphatic heterocycles. The molecular weight excluding hydrogens is 78.1 g/mol. The van der Waals surface area contributed by atoms with Crippen molar-refractivity contribution in [2.24, 2.45) is 0 Å². The van der Waals surface area contributed by atoms with Crippen molar-refractivity contribution < 1.29 is 5.11 Å². The van der Waals surface area contributed by atoms with Crippen LogP contribution in [0.2, 0.25) is 0 Å². The highest BCUT2D eigenvalue weighted by Gasteiger charge is 2.06. The Labute approximate surface area is 38.0 Å². The first kappa shape index (κ1) is 5.92. The van der Waals surface area contributed by atoms with Gasteiger partial charge in [0.2, 0.25) is 0 Å². The molecule has 0 unspecified atom stereocenters. The van der Waals surface area contributed by atoms with Gasteiger partial charge < -0.3 is 5.11 Å². The fourth-order valence-electron chi connectivity index (χ4n) is 0. The van der Waals surface area contributed by atoms with Crippen molar-refractivity contribution in [3.05, 3.63) is 0 Å². The highest BCUT2D eigenvalue weighted by molar-refractivity contribution is 4.62. The lowest BCUT2D eigenvalue weighted by Crippen LogP contribution is -2.24. The molecule has 0 saturated heterocycles. The summed E-state index contributed by atoms with van der Waals surface area (Å²) in [5.74, 6) is 0. The van der Waals surface area contributed by atoms with Crippen LogP contribution < -0.4 is 5.73 Å². The van der Waals surface area contributed by atoms with Crippen LogP contribution in [0.15, 0.2) is 0 Å². The largest absolute Gasteiger partial charge is 0.389 e. The van der Waals surface area contributed by atoms with E-state index < -0.39 is 5.60 Å². The molecule has 0 saturated carbocycles. The fraction of sp³-hybridized carbons (Fsp3) is 1.00. The molecule has 1 radical (unpaired) electrons. The van der Waals surface area contributed by atoms with E-state index in [1.165, 1.54) is 0 Å². The first-order chi connectivity index (χ1) is 2.56. The zero-order valence-electron chi connectivity index (χ0n) is 4.15. The molecule has 2 heteroatoms. The third kappa shape index (κ3) is 3.92. The molecule has 0 amide bonds. The predicted molar refractivity (Wildman–Crippen MR) is 24.3 cm³/mol. The van der Waals surface area contributed by atoms with Gasteiger partial charge in [-0.1, -0.05) is 0 Å². The number of rotatable bonds is 1. The van der Waals surface area contributed by atoms with Crippen LogP contribution in [-0.4, -0.2) is 17.3 Å². The van der Waals surface area contributed by atoms with Crippen LogP contribution in [0.1, 0.15) is 13.8 Å². The smallest absolute Gasteiger partial charge is 0.0729 e. The van der Waals surface area contributed by atoms with E-state index in [0.29, 0.717) is 0 Å². The van der Waals surface area contributed by atoms with E-state index >= 15 is 0 Å². The second-order valence-corrected chi connectivity index (χ2v) is 1.99. The predicted octanol–water partition coefficient (Wildman–Crippen LogP) is 0.0402. The molecule has 0 rings (SSSR count). The number of hydrogen-bond acceptors (Lipinski definition) is 1. The maximum Gasteiger partial charge on any atom is 0.0729 e. The Bertz CT molecular complexity index is 37.3. The average molecular weight is 88.1 g/mol. The minimum absolute atomic E-state index is 0.0764. The van der Waals surface area contributed by atoms with Gasteiger partial charge in [-0.2, -0.15) is 0 Å². The first-order valence-corrected chi connectivity index (χ1v) is 1.93. The molecule has 0 aromatic heterocycles. The molecule has 0 heterocycles. The fourth-order valence-corrected chi connectivity index (χ4v) is 0. The van der Waals surface area contributed by atoms with E-state index in [1.807, 2.05) is 0 Å². The van der Waals surface area contributed by atoms with Gasteiger partial charge in [0.15, 0.2) is 0 Å². The molecule has 6 heavy (non-hydrogen) atoms. The Morgan fingerprint density at radius 1 is 1.67 bits per heavy atom. The number of nitrogens with one attached hydrogen (secondary N) is 1. The van der Waals surface area contributed by atoms with Gasteiger partial charge in [0.1, 0.15) is 0 Å². The molecule has 0 aliphatic carbocycles. The van der Waals surface area contributed by atoms with Crippen LogP contribution in [-0.2, 0) is 0 Å². The minimum atomic E-state index is -0.792. The van der Waals surface area contributed by atoms with Gasteiger partial charge >= 0.3 is 0 Å². The van der Waals surface area contributed by atoms with Crippen molar-refractivity contribution in [2.45, 2.75) is 19.4 Å². The second kappa shape index (κ2) is 1.58. The molecule has 2 N–H and O–H groups in total. The molecule has 0 aromatic rings.